The maximum absolute atomic E-state index is 10.7. The van der Waals surface area contributed by atoms with E-state index in [2.05, 4.69) is 23.3 Å². The molecule has 1 aromatic heterocycles. The number of likely N-dealkylation sites (N-methyl/N-ethyl adjacent to an activating group) is 1. The van der Waals surface area contributed by atoms with E-state index in [1.54, 1.807) is 17.4 Å². The number of non-ortho nitro benzene ring substituents is 1. The molecule has 20 heavy (non-hydrogen) atoms. The van der Waals surface area contributed by atoms with Crippen molar-refractivity contribution in [1.29, 1.82) is 0 Å². The lowest BCUT2D eigenvalue weighted by Crippen LogP contribution is -2.31. The summed E-state index contributed by atoms with van der Waals surface area (Å²) in [5, 5.41) is 12.8. The molecule has 6 heteroatoms. The van der Waals surface area contributed by atoms with Crippen LogP contribution in [0.5, 0.6) is 0 Å². The summed E-state index contributed by atoms with van der Waals surface area (Å²) in [5.74, 6) is 0. The van der Waals surface area contributed by atoms with Gasteiger partial charge in [0, 0.05) is 36.5 Å². The second-order valence-electron chi connectivity index (χ2n) is 4.74. The van der Waals surface area contributed by atoms with Crippen LogP contribution in [-0.4, -0.2) is 18.0 Å². The highest BCUT2D eigenvalue weighted by atomic mass is 32.1. The SMILES string of the molecule is CC(Cc1cccs1)N(C)c1ccc([N+](=O)[O-])cc1N. The van der Waals surface area contributed by atoms with E-state index in [0.29, 0.717) is 5.69 Å². The van der Waals surface area contributed by atoms with E-state index in [1.807, 2.05) is 13.1 Å². The predicted molar refractivity (Wildman–Crippen MR) is 83.4 cm³/mol. The summed E-state index contributed by atoms with van der Waals surface area (Å²) in [6.07, 6.45) is 0.921. The van der Waals surface area contributed by atoms with Crippen molar-refractivity contribution in [3.05, 3.63) is 50.7 Å². The number of hydrogen-bond donors (Lipinski definition) is 1. The Labute approximate surface area is 121 Å². The maximum atomic E-state index is 10.7. The standard InChI is InChI=1S/C14H17N3O2S/c1-10(8-12-4-3-7-20-12)16(2)14-6-5-11(17(18)19)9-13(14)15/h3-7,9-10H,8,15H2,1-2H3. The van der Waals surface area contributed by atoms with Crippen LogP contribution in [0.4, 0.5) is 17.1 Å². The topological polar surface area (TPSA) is 72.4 Å². The van der Waals surface area contributed by atoms with Gasteiger partial charge in [0.2, 0.25) is 0 Å². The molecule has 0 radical (unpaired) electrons. The fraction of sp³-hybridized carbons (Fsp3) is 0.286. The van der Waals surface area contributed by atoms with Gasteiger partial charge in [-0.3, -0.25) is 10.1 Å². The molecule has 0 amide bonds. The number of thiophene rings is 1. The Hall–Kier alpha value is -2.08. The monoisotopic (exact) mass is 291 g/mol. The first kappa shape index (κ1) is 14.3. The predicted octanol–water partition coefficient (Wildman–Crippen LogP) is 3.31. The van der Waals surface area contributed by atoms with E-state index < -0.39 is 4.92 Å². The van der Waals surface area contributed by atoms with Crippen molar-refractivity contribution in [2.75, 3.05) is 17.7 Å². The van der Waals surface area contributed by atoms with E-state index >= 15 is 0 Å². The lowest BCUT2D eigenvalue weighted by molar-refractivity contribution is -0.384. The Morgan fingerprint density at radius 1 is 1.45 bits per heavy atom. The van der Waals surface area contributed by atoms with Crippen LogP contribution in [0.15, 0.2) is 35.7 Å². The molecule has 106 valence electrons. The molecule has 0 spiro atoms. The van der Waals surface area contributed by atoms with Gasteiger partial charge in [0.1, 0.15) is 0 Å². The summed E-state index contributed by atoms with van der Waals surface area (Å²) < 4.78 is 0. The number of nitrogens with zero attached hydrogens (tertiary/aromatic N) is 2. The molecule has 2 rings (SSSR count). The number of hydrogen-bond acceptors (Lipinski definition) is 5. The average molecular weight is 291 g/mol. The van der Waals surface area contributed by atoms with Gasteiger partial charge in [-0.1, -0.05) is 6.07 Å². The number of anilines is 2. The summed E-state index contributed by atoms with van der Waals surface area (Å²) in [7, 11) is 1.95. The third kappa shape index (κ3) is 3.08. The van der Waals surface area contributed by atoms with E-state index in [0.717, 1.165) is 12.1 Å². The molecule has 0 saturated carbocycles. The molecular formula is C14H17N3O2S. The molecule has 5 nitrogen and oxygen atoms in total. The van der Waals surface area contributed by atoms with E-state index in [1.165, 1.54) is 17.0 Å². The molecule has 1 unspecified atom stereocenters. The Kier molecular flexibility index (Phi) is 4.24. The summed E-state index contributed by atoms with van der Waals surface area (Å²) in [5.41, 5.74) is 7.20. The van der Waals surface area contributed by atoms with Gasteiger partial charge in [0.25, 0.3) is 5.69 Å². The van der Waals surface area contributed by atoms with Crippen LogP contribution in [0.2, 0.25) is 0 Å². The van der Waals surface area contributed by atoms with E-state index in [9.17, 15) is 10.1 Å². The number of nitrogen functional groups attached to an aromatic ring is 1. The highest BCUT2D eigenvalue weighted by Crippen LogP contribution is 2.29. The zero-order valence-corrected chi connectivity index (χ0v) is 12.3. The zero-order chi connectivity index (χ0) is 14.7. The first-order valence-electron chi connectivity index (χ1n) is 6.28. The number of nitro benzene ring substituents is 1. The van der Waals surface area contributed by atoms with Crippen molar-refractivity contribution in [3.63, 3.8) is 0 Å². The quantitative estimate of drug-likeness (QED) is 0.521. The molecule has 1 aromatic carbocycles. The summed E-state index contributed by atoms with van der Waals surface area (Å²) in [4.78, 5) is 13.6. The minimum Gasteiger partial charge on any atom is -0.397 e. The normalized spacial score (nSPS) is 12.1. The molecule has 0 bridgehead atoms. The highest BCUT2D eigenvalue weighted by Gasteiger charge is 2.16. The third-order valence-electron chi connectivity index (χ3n) is 3.34. The fourth-order valence-electron chi connectivity index (χ4n) is 2.07. The smallest absolute Gasteiger partial charge is 0.271 e. The second-order valence-corrected chi connectivity index (χ2v) is 5.78. The summed E-state index contributed by atoms with van der Waals surface area (Å²) in [6, 6.07) is 9.00. The van der Waals surface area contributed by atoms with Crippen molar-refractivity contribution in [3.8, 4) is 0 Å². The van der Waals surface area contributed by atoms with Gasteiger partial charge in [-0.25, -0.2) is 0 Å². The van der Waals surface area contributed by atoms with Crippen LogP contribution in [0.1, 0.15) is 11.8 Å². The van der Waals surface area contributed by atoms with Crippen LogP contribution >= 0.6 is 11.3 Å². The van der Waals surface area contributed by atoms with Crippen LogP contribution in [0.25, 0.3) is 0 Å². The van der Waals surface area contributed by atoms with Crippen LogP contribution in [0, 0.1) is 10.1 Å². The maximum Gasteiger partial charge on any atom is 0.271 e. The number of nitrogens with two attached hydrogens (primary N) is 1. The molecule has 0 aliphatic heterocycles. The molecule has 2 aromatic rings. The number of benzene rings is 1. The Morgan fingerprint density at radius 2 is 2.20 bits per heavy atom. The third-order valence-corrected chi connectivity index (χ3v) is 4.24. The summed E-state index contributed by atoms with van der Waals surface area (Å²) >= 11 is 1.73. The number of rotatable bonds is 5. The van der Waals surface area contributed by atoms with Gasteiger partial charge in [0.05, 0.1) is 16.3 Å². The number of nitro groups is 1. The van der Waals surface area contributed by atoms with Crippen molar-refractivity contribution >= 4 is 28.4 Å². The van der Waals surface area contributed by atoms with Crippen molar-refractivity contribution in [2.24, 2.45) is 0 Å². The molecular weight excluding hydrogens is 274 g/mol. The van der Waals surface area contributed by atoms with Crippen LogP contribution < -0.4 is 10.6 Å². The first-order valence-corrected chi connectivity index (χ1v) is 7.16. The summed E-state index contributed by atoms with van der Waals surface area (Å²) in [6.45, 7) is 2.11. The van der Waals surface area contributed by atoms with Crippen LogP contribution in [-0.2, 0) is 6.42 Å². The van der Waals surface area contributed by atoms with Gasteiger partial charge < -0.3 is 10.6 Å². The van der Waals surface area contributed by atoms with E-state index in [4.69, 9.17) is 5.73 Å². The van der Waals surface area contributed by atoms with Gasteiger partial charge in [-0.2, -0.15) is 0 Å². The van der Waals surface area contributed by atoms with Gasteiger partial charge >= 0.3 is 0 Å². The lowest BCUT2D eigenvalue weighted by atomic mass is 10.1. The molecule has 2 N–H and O–H groups in total. The van der Waals surface area contributed by atoms with E-state index in [-0.39, 0.29) is 11.7 Å². The van der Waals surface area contributed by atoms with Gasteiger partial charge in [-0.15, -0.1) is 11.3 Å². The minimum atomic E-state index is -0.435. The molecule has 0 fully saturated rings. The Bertz CT molecular complexity index is 598. The second kappa shape index (κ2) is 5.92. The highest BCUT2D eigenvalue weighted by molar-refractivity contribution is 7.09. The van der Waals surface area contributed by atoms with Crippen molar-refractivity contribution in [1.82, 2.24) is 0 Å². The van der Waals surface area contributed by atoms with Gasteiger partial charge in [0.15, 0.2) is 0 Å². The minimum absolute atomic E-state index is 0.0190. The largest absolute Gasteiger partial charge is 0.397 e. The Balaban J connectivity index is 2.16. The fourth-order valence-corrected chi connectivity index (χ4v) is 2.90. The molecule has 0 saturated heterocycles. The average Bonchev–Trinajstić information content (AvgIpc) is 2.90. The molecule has 0 aliphatic rings. The Morgan fingerprint density at radius 3 is 2.75 bits per heavy atom. The lowest BCUT2D eigenvalue weighted by Gasteiger charge is -2.27. The molecule has 1 heterocycles. The first-order chi connectivity index (χ1) is 9.49. The molecule has 0 aliphatic carbocycles. The van der Waals surface area contributed by atoms with Crippen LogP contribution in [0.3, 0.4) is 0 Å². The van der Waals surface area contributed by atoms with Crippen molar-refractivity contribution in [2.45, 2.75) is 19.4 Å². The zero-order valence-electron chi connectivity index (χ0n) is 11.4. The van der Waals surface area contributed by atoms with Crippen molar-refractivity contribution < 1.29 is 4.92 Å². The van der Waals surface area contributed by atoms with Gasteiger partial charge in [-0.05, 0) is 24.4 Å². The molecule has 1 atom stereocenters.